The van der Waals surface area contributed by atoms with E-state index in [0.29, 0.717) is 23.3 Å². The third kappa shape index (κ3) is 4.02. The minimum atomic E-state index is -0.733. The first-order valence-electron chi connectivity index (χ1n) is 9.70. The number of methoxy groups -OCH3 is 1. The second-order valence-corrected chi connectivity index (χ2v) is 7.28. The third-order valence-electron chi connectivity index (χ3n) is 5.19. The first-order chi connectivity index (χ1) is 14.4. The summed E-state index contributed by atoms with van der Waals surface area (Å²) in [7, 11) is 5.39. The fraction of sp³-hybridized carbons (Fsp3) is 0.304. The van der Waals surface area contributed by atoms with Crippen molar-refractivity contribution in [2.45, 2.75) is 12.5 Å². The predicted octanol–water partition coefficient (Wildman–Crippen LogP) is 2.57. The molecule has 1 unspecified atom stereocenters. The van der Waals surface area contributed by atoms with Gasteiger partial charge < -0.3 is 24.7 Å². The maximum absolute atomic E-state index is 12.9. The molecule has 1 aliphatic heterocycles. The molecular weight excluding hydrogens is 384 g/mol. The number of Topliss-reactive ketones (excluding diaryl/α,β-unsaturated/α-hetero) is 1. The van der Waals surface area contributed by atoms with Gasteiger partial charge in [0.15, 0.2) is 0 Å². The normalized spacial score (nSPS) is 18.0. The van der Waals surface area contributed by atoms with Crippen molar-refractivity contribution in [3.8, 4) is 5.75 Å². The lowest BCUT2D eigenvalue weighted by atomic mass is 9.95. The number of aliphatic hydroxyl groups is 2. The fourth-order valence-corrected chi connectivity index (χ4v) is 3.56. The number of nitrogens with zero attached hydrogens (tertiary/aromatic N) is 2. The maximum atomic E-state index is 12.9. The number of ether oxygens (including phenoxy) is 1. The van der Waals surface area contributed by atoms with Crippen LogP contribution in [-0.4, -0.2) is 61.2 Å². The quantitative estimate of drug-likeness (QED) is 0.414. The van der Waals surface area contributed by atoms with Crippen LogP contribution in [0.25, 0.3) is 5.76 Å². The van der Waals surface area contributed by atoms with E-state index in [0.717, 1.165) is 5.69 Å². The average molecular weight is 410 g/mol. The lowest BCUT2D eigenvalue weighted by Crippen LogP contribution is -2.31. The van der Waals surface area contributed by atoms with Gasteiger partial charge in [-0.05, 0) is 48.4 Å². The van der Waals surface area contributed by atoms with E-state index >= 15 is 0 Å². The Morgan fingerprint density at radius 2 is 1.70 bits per heavy atom. The van der Waals surface area contributed by atoms with Gasteiger partial charge in [-0.2, -0.15) is 0 Å². The van der Waals surface area contributed by atoms with Crippen molar-refractivity contribution in [3.63, 3.8) is 0 Å². The Balaban J connectivity index is 2.11. The monoisotopic (exact) mass is 410 g/mol. The van der Waals surface area contributed by atoms with E-state index in [4.69, 9.17) is 4.74 Å². The van der Waals surface area contributed by atoms with Crippen LogP contribution in [0.1, 0.15) is 23.6 Å². The van der Waals surface area contributed by atoms with Gasteiger partial charge in [-0.3, -0.25) is 9.59 Å². The molecule has 1 amide bonds. The molecule has 0 aliphatic carbocycles. The first-order valence-corrected chi connectivity index (χ1v) is 9.70. The van der Waals surface area contributed by atoms with E-state index in [2.05, 4.69) is 0 Å². The van der Waals surface area contributed by atoms with E-state index in [1.165, 1.54) is 4.90 Å². The number of likely N-dealkylation sites (tertiary alicyclic amines) is 1. The molecule has 3 rings (SSSR count). The summed E-state index contributed by atoms with van der Waals surface area (Å²) >= 11 is 0. The minimum Gasteiger partial charge on any atom is -0.507 e. The molecule has 2 aromatic carbocycles. The molecule has 1 saturated heterocycles. The van der Waals surface area contributed by atoms with Crippen LogP contribution in [0.15, 0.2) is 54.1 Å². The van der Waals surface area contributed by atoms with E-state index in [1.807, 2.05) is 43.3 Å². The van der Waals surface area contributed by atoms with Gasteiger partial charge >= 0.3 is 0 Å². The zero-order valence-electron chi connectivity index (χ0n) is 17.3. The van der Waals surface area contributed by atoms with Crippen molar-refractivity contribution in [1.82, 2.24) is 4.90 Å². The molecule has 7 nitrogen and oxygen atoms in total. The van der Waals surface area contributed by atoms with Crippen molar-refractivity contribution < 1.29 is 24.5 Å². The molecule has 0 aromatic heterocycles. The van der Waals surface area contributed by atoms with Crippen LogP contribution in [0.5, 0.6) is 5.75 Å². The van der Waals surface area contributed by atoms with Crippen molar-refractivity contribution >= 4 is 23.1 Å². The van der Waals surface area contributed by atoms with Gasteiger partial charge in [-0.15, -0.1) is 0 Å². The standard InChI is InChI=1S/C23H26N2O5/c1-24(2)17-9-5-15(6-10-17)20-19(22(28)23(29)25(20)13-4-14-26)21(27)16-7-11-18(30-3)12-8-16/h5-12,20,26-27H,4,13-14H2,1-3H3. The average Bonchev–Trinajstić information content (AvgIpc) is 3.02. The number of benzene rings is 2. The molecule has 2 N–H and O–H groups in total. The highest BCUT2D eigenvalue weighted by Crippen LogP contribution is 2.40. The first kappa shape index (κ1) is 21.4. The summed E-state index contributed by atoms with van der Waals surface area (Å²) < 4.78 is 5.14. The number of ketones is 1. The molecule has 1 fully saturated rings. The number of hydrogen-bond acceptors (Lipinski definition) is 6. The summed E-state index contributed by atoms with van der Waals surface area (Å²) in [6.07, 6.45) is 0.335. The Morgan fingerprint density at radius 1 is 1.07 bits per heavy atom. The van der Waals surface area contributed by atoms with Gasteiger partial charge in [0.1, 0.15) is 11.5 Å². The molecule has 2 aromatic rings. The van der Waals surface area contributed by atoms with Crippen LogP contribution in [0.3, 0.4) is 0 Å². The molecule has 0 radical (unpaired) electrons. The lowest BCUT2D eigenvalue weighted by Gasteiger charge is -2.25. The van der Waals surface area contributed by atoms with Gasteiger partial charge in [0, 0.05) is 38.5 Å². The molecular formula is C23H26N2O5. The predicted molar refractivity (Wildman–Crippen MR) is 114 cm³/mol. The third-order valence-corrected chi connectivity index (χ3v) is 5.19. The smallest absolute Gasteiger partial charge is 0.295 e. The SMILES string of the molecule is COc1ccc(C(O)=C2C(=O)C(=O)N(CCCO)C2c2ccc(N(C)C)cc2)cc1. The lowest BCUT2D eigenvalue weighted by molar-refractivity contribution is -0.140. The number of hydrogen-bond donors (Lipinski definition) is 2. The number of rotatable bonds is 7. The molecule has 1 heterocycles. The van der Waals surface area contributed by atoms with Gasteiger partial charge in [0.2, 0.25) is 0 Å². The van der Waals surface area contributed by atoms with E-state index in [-0.39, 0.29) is 24.5 Å². The zero-order chi connectivity index (χ0) is 21.8. The van der Waals surface area contributed by atoms with Gasteiger partial charge in [0.25, 0.3) is 11.7 Å². The largest absolute Gasteiger partial charge is 0.507 e. The highest BCUT2D eigenvalue weighted by atomic mass is 16.5. The number of aliphatic hydroxyl groups excluding tert-OH is 2. The molecule has 158 valence electrons. The molecule has 1 aliphatic rings. The zero-order valence-corrected chi connectivity index (χ0v) is 17.3. The number of carbonyl (C=O) groups excluding carboxylic acids is 2. The van der Waals surface area contributed by atoms with Crippen molar-refractivity contribution in [2.75, 3.05) is 39.3 Å². The molecule has 0 spiro atoms. The van der Waals surface area contributed by atoms with E-state index < -0.39 is 17.7 Å². The van der Waals surface area contributed by atoms with Crippen LogP contribution >= 0.6 is 0 Å². The van der Waals surface area contributed by atoms with Crippen LogP contribution < -0.4 is 9.64 Å². The summed E-state index contributed by atoms with van der Waals surface area (Å²) in [5, 5.41) is 20.2. The van der Waals surface area contributed by atoms with Gasteiger partial charge in [0.05, 0.1) is 18.7 Å². The molecule has 7 heteroatoms. The van der Waals surface area contributed by atoms with Gasteiger partial charge in [-0.1, -0.05) is 12.1 Å². The Hall–Kier alpha value is -3.32. The fourth-order valence-electron chi connectivity index (χ4n) is 3.56. The Kier molecular flexibility index (Phi) is 6.42. The Morgan fingerprint density at radius 3 is 2.23 bits per heavy atom. The van der Waals surface area contributed by atoms with E-state index in [1.54, 1.807) is 31.4 Å². The molecule has 0 saturated carbocycles. The highest BCUT2D eigenvalue weighted by Gasteiger charge is 2.45. The summed E-state index contributed by atoms with van der Waals surface area (Å²) in [4.78, 5) is 29.0. The number of amides is 1. The summed E-state index contributed by atoms with van der Waals surface area (Å²) in [5.74, 6) is -1.03. The van der Waals surface area contributed by atoms with Crippen molar-refractivity contribution in [3.05, 3.63) is 65.2 Å². The highest BCUT2D eigenvalue weighted by molar-refractivity contribution is 6.46. The van der Waals surface area contributed by atoms with Crippen molar-refractivity contribution in [1.29, 1.82) is 0 Å². The summed E-state index contributed by atoms with van der Waals surface area (Å²) in [6.45, 7) is 0.105. The Bertz CT molecular complexity index is 949. The van der Waals surface area contributed by atoms with Crippen LogP contribution in [-0.2, 0) is 9.59 Å². The topological polar surface area (TPSA) is 90.3 Å². The van der Waals surface area contributed by atoms with E-state index in [9.17, 15) is 19.8 Å². The van der Waals surface area contributed by atoms with Crippen LogP contribution in [0, 0.1) is 0 Å². The summed E-state index contributed by atoms with van der Waals surface area (Å²) in [6, 6.07) is 13.4. The second-order valence-electron chi connectivity index (χ2n) is 7.28. The molecule has 1 atom stereocenters. The number of carbonyl (C=O) groups is 2. The molecule has 30 heavy (non-hydrogen) atoms. The van der Waals surface area contributed by atoms with Crippen molar-refractivity contribution in [2.24, 2.45) is 0 Å². The minimum absolute atomic E-state index is 0.0423. The molecule has 0 bridgehead atoms. The van der Waals surface area contributed by atoms with Crippen LogP contribution in [0.4, 0.5) is 5.69 Å². The van der Waals surface area contributed by atoms with Gasteiger partial charge in [-0.25, -0.2) is 0 Å². The second kappa shape index (κ2) is 9.00. The summed E-state index contributed by atoms with van der Waals surface area (Å²) in [5.41, 5.74) is 2.15. The number of anilines is 1. The van der Waals surface area contributed by atoms with Crippen LogP contribution in [0.2, 0.25) is 0 Å². The Labute approximate surface area is 175 Å². The maximum Gasteiger partial charge on any atom is 0.295 e.